The minimum atomic E-state index is -1.23. The minimum Gasteiger partial charge on any atom is -0.478 e. The number of benzene rings is 4. The summed E-state index contributed by atoms with van der Waals surface area (Å²) in [6, 6.07) is 28.3. The molecule has 0 spiro atoms. The van der Waals surface area contributed by atoms with Gasteiger partial charge in [-0.1, -0.05) is 72.8 Å². The number of carboxylic acid groups (broad SMARTS) is 4. The molecule has 0 radical (unpaired) electrons. The lowest BCUT2D eigenvalue weighted by Crippen LogP contribution is -2.06. The summed E-state index contributed by atoms with van der Waals surface area (Å²) >= 11 is 0. The molecule has 0 aliphatic heterocycles. The van der Waals surface area contributed by atoms with E-state index >= 15 is 0 Å². The Morgan fingerprint density at radius 1 is 0.405 bits per heavy atom. The molecule has 0 bridgehead atoms. The number of rotatable bonds is 4. The summed E-state index contributed by atoms with van der Waals surface area (Å²) in [5.41, 5.74) is 4.99. The number of hydrogen-bond donors (Lipinski definition) is 4. The van der Waals surface area contributed by atoms with E-state index in [4.69, 9.17) is 20.4 Å². The summed E-state index contributed by atoms with van der Waals surface area (Å²) in [7, 11) is 0. The lowest BCUT2D eigenvalue weighted by molar-refractivity contribution is 0.0651. The first-order chi connectivity index (χ1) is 17.7. The summed E-state index contributed by atoms with van der Waals surface area (Å²) in [4.78, 5) is 41.9. The molecule has 1 aliphatic rings. The zero-order chi connectivity index (χ0) is 26.9. The zero-order valence-electron chi connectivity index (χ0n) is 19.4. The van der Waals surface area contributed by atoms with Crippen LogP contribution in [0.5, 0.6) is 0 Å². The first-order valence-corrected chi connectivity index (χ1v) is 11.0. The third-order valence-corrected chi connectivity index (χ3v) is 5.48. The van der Waals surface area contributed by atoms with Crippen molar-refractivity contribution in [1.82, 2.24) is 0 Å². The number of fused-ring (bicyclic) bond motifs is 3. The van der Waals surface area contributed by atoms with Gasteiger partial charge in [-0.05, 0) is 52.9 Å². The summed E-state index contributed by atoms with van der Waals surface area (Å²) in [6.45, 7) is 0. The van der Waals surface area contributed by atoms with E-state index in [2.05, 4.69) is 48.5 Å². The van der Waals surface area contributed by atoms with Gasteiger partial charge in [0.25, 0.3) is 0 Å². The van der Waals surface area contributed by atoms with Gasteiger partial charge in [-0.2, -0.15) is 0 Å². The van der Waals surface area contributed by atoms with Gasteiger partial charge in [-0.25, -0.2) is 19.2 Å². The maximum atomic E-state index is 10.5. The van der Waals surface area contributed by atoms with Gasteiger partial charge < -0.3 is 20.4 Å². The van der Waals surface area contributed by atoms with Gasteiger partial charge in [0.2, 0.25) is 0 Å². The summed E-state index contributed by atoms with van der Waals surface area (Å²) < 4.78 is 0. The highest BCUT2D eigenvalue weighted by molar-refractivity contribution is 6.02. The van der Waals surface area contributed by atoms with Crippen LogP contribution in [0.4, 0.5) is 0 Å². The molecule has 0 saturated carbocycles. The normalized spacial score (nSPS) is 10.4. The average Bonchev–Trinajstić information content (AvgIpc) is 3.28. The highest BCUT2D eigenvalue weighted by atomic mass is 16.4. The summed E-state index contributed by atoms with van der Waals surface area (Å²) in [5.74, 6) is -4.91. The van der Waals surface area contributed by atoms with E-state index in [9.17, 15) is 19.2 Å². The smallest absolute Gasteiger partial charge is 0.336 e. The fourth-order valence-corrected chi connectivity index (χ4v) is 3.79. The minimum absolute atomic E-state index is 0.190. The van der Waals surface area contributed by atoms with Gasteiger partial charge in [-0.3, -0.25) is 0 Å². The topological polar surface area (TPSA) is 149 Å². The Labute approximate surface area is 211 Å². The Morgan fingerprint density at radius 2 is 0.649 bits per heavy atom. The third-order valence-electron chi connectivity index (χ3n) is 5.48. The van der Waals surface area contributed by atoms with Crippen molar-refractivity contribution in [2.45, 2.75) is 6.42 Å². The maximum absolute atomic E-state index is 10.5. The molecule has 0 aromatic heterocycles. The third kappa shape index (κ3) is 6.46. The van der Waals surface area contributed by atoms with E-state index in [1.165, 1.54) is 70.8 Å². The van der Waals surface area contributed by atoms with Crippen molar-refractivity contribution < 1.29 is 39.6 Å². The van der Waals surface area contributed by atoms with Crippen LogP contribution < -0.4 is 0 Å². The van der Waals surface area contributed by atoms with Crippen molar-refractivity contribution in [3.63, 3.8) is 0 Å². The Balaban J connectivity index is 0.000000155. The molecule has 4 aromatic carbocycles. The van der Waals surface area contributed by atoms with Crippen LogP contribution in [0.1, 0.15) is 52.6 Å². The molecule has 8 nitrogen and oxygen atoms in total. The van der Waals surface area contributed by atoms with Gasteiger partial charge in [0.15, 0.2) is 0 Å². The summed E-state index contributed by atoms with van der Waals surface area (Å²) in [6.07, 6.45) is 1.10. The number of carbonyl (C=O) groups is 4. The number of hydrogen-bond acceptors (Lipinski definition) is 4. The van der Waals surface area contributed by atoms with E-state index in [0.717, 1.165) is 6.42 Å². The van der Waals surface area contributed by atoms with Crippen molar-refractivity contribution in [2.24, 2.45) is 0 Å². The quantitative estimate of drug-likeness (QED) is 0.256. The van der Waals surface area contributed by atoms with Gasteiger partial charge >= 0.3 is 23.9 Å². The number of aromatic carboxylic acids is 4. The molecule has 0 saturated heterocycles. The largest absolute Gasteiger partial charge is 0.478 e. The van der Waals surface area contributed by atoms with Crippen LogP contribution in [0.2, 0.25) is 0 Å². The molecular formula is C29H22O8. The van der Waals surface area contributed by atoms with Gasteiger partial charge in [0, 0.05) is 0 Å². The van der Waals surface area contributed by atoms with E-state index in [1.54, 1.807) is 0 Å². The second-order valence-corrected chi connectivity index (χ2v) is 7.80. The lowest BCUT2D eigenvalue weighted by Gasteiger charge is -1.98. The fourth-order valence-electron chi connectivity index (χ4n) is 3.79. The molecule has 5 rings (SSSR count). The molecule has 1 aliphatic carbocycles. The van der Waals surface area contributed by atoms with Crippen LogP contribution >= 0.6 is 0 Å². The van der Waals surface area contributed by atoms with Crippen LogP contribution in [0.25, 0.3) is 11.1 Å². The monoisotopic (exact) mass is 498 g/mol. The molecule has 37 heavy (non-hydrogen) atoms. The lowest BCUT2D eigenvalue weighted by atomic mass is 10.1. The van der Waals surface area contributed by atoms with E-state index in [0.29, 0.717) is 0 Å². The van der Waals surface area contributed by atoms with Crippen molar-refractivity contribution in [1.29, 1.82) is 0 Å². The number of carboxylic acids is 4. The molecule has 0 heterocycles. The fraction of sp³-hybridized carbons (Fsp3) is 0.0345. The van der Waals surface area contributed by atoms with E-state index in [-0.39, 0.29) is 22.3 Å². The maximum Gasteiger partial charge on any atom is 0.336 e. The van der Waals surface area contributed by atoms with Crippen LogP contribution in [0, 0.1) is 0 Å². The van der Waals surface area contributed by atoms with Crippen molar-refractivity contribution in [3.8, 4) is 11.1 Å². The van der Waals surface area contributed by atoms with Crippen LogP contribution in [-0.2, 0) is 6.42 Å². The van der Waals surface area contributed by atoms with Crippen LogP contribution in [0.15, 0.2) is 97.1 Å². The van der Waals surface area contributed by atoms with Gasteiger partial charge in [0.05, 0.1) is 22.3 Å². The second-order valence-electron chi connectivity index (χ2n) is 7.80. The predicted octanol–water partition coefficient (Wildman–Crippen LogP) is 5.42. The summed E-state index contributed by atoms with van der Waals surface area (Å²) in [5, 5.41) is 34.2. The zero-order valence-corrected chi connectivity index (χ0v) is 19.4. The molecule has 4 aromatic rings. The second kappa shape index (κ2) is 11.9. The Morgan fingerprint density at radius 3 is 0.919 bits per heavy atom. The predicted molar refractivity (Wildman–Crippen MR) is 135 cm³/mol. The highest BCUT2D eigenvalue weighted by Crippen LogP contribution is 2.35. The van der Waals surface area contributed by atoms with Crippen molar-refractivity contribution in [3.05, 3.63) is 130 Å². The van der Waals surface area contributed by atoms with Gasteiger partial charge in [-0.15, -0.1) is 0 Å². The van der Waals surface area contributed by atoms with E-state index < -0.39 is 23.9 Å². The highest BCUT2D eigenvalue weighted by Gasteiger charge is 2.16. The molecule has 4 N–H and O–H groups in total. The molecule has 0 amide bonds. The SMILES string of the molecule is O=C(O)c1ccccc1C(=O)O.O=C(O)c1ccccc1C(=O)O.c1ccc2c(c1)Cc1ccccc1-2. The first kappa shape index (κ1) is 26.4. The molecule has 186 valence electrons. The molecule has 0 atom stereocenters. The Bertz CT molecular complexity index is 1300. The Kier molecular flexibility index (Phi) is 8.51. The van der Waals surface area contributed by atoms with Crippen LogP contribution in [-0.4, -0.2) is 44.3 Å². The first-order valence-electron chi connectivity index (χ1n) is 11.0. The standard InChI is InChI=1S/C13H10.2C8H6O4/c1-3-7-12-10(5-1)9-11-6-2-4-8-13(11)12;2*9-7(10)5-3-1-2-4-6(5)8(11)12/h1-8H,9H2;2*1-4H,(H,9,10)(H,11,12). The molecule has 8 heteroatoms. The van der Waals surface area contributed by atoms with E-state index in [1.807, 2.05) is 0 Å². The molecule has 0 fully saturated rings. The van der Waals surface area contributed by atoms with Crippen LogP contribution in [0.3, 0.4) is 0 Å². The van der Waals surface area contributed by atoms with Crippen molar-refractivity contribution in [2.75, 3.05) is 0 Å². The average molecular weight is 498 g/mol. The Hall–Kier alpha value is -5.24. The molecular weight excluding hydrogens is 476 g/mol. The van der Waals surface area contributed by atoms with Gasteiger partial charge in [0.1, 0.15) is 0 Å². The van der Waals surface area contributed by atoms with Crippen molar-refractivity contribution >= 4 is 23.9 Å². The molecule has 0 unspecified atom stereocenters.